The van der Waals surface area contributed by atoms with E-state index in [0.29, 0.717) is 27.5 Å². The van der Waals surface area contributed by atoms with Crippen LogP contribution in [0.5, 0.6) is 0 Å². The number of aromatic nitrogens is 3. The largest absolute Gasteiger partial charge is 0.417 e. The van der Waals surface area contributed by atoms with Gasteiger partial charge in [0.2, 0.25) is 0 Å². The molecule has 0 atom stereocenters. The van der Waals surface area contributed by atoms with Gasteiger partial charge in [0.25, 0.3) is 5.91 Å². The quantitative estimate of drug-likeness (QED) is 0.489. The van der Waals surface area contributed by atoms with Gasteiger partial charge in [-0.3, -0.25) is 4.79 Å². The lowest BCUT2D eigenvalue weighted by molar-refractivity contribution is -0.138. The van der Waals surface area contributed by atoms with Gasteiger partial charge >= 0.3 is 6.18 Å². The van der Waals surface area contributed by atoms with Crippen LogP contribution in [0.4, 0.5) is 13.2 Å². The Morgan fingerprint density at radius 3 is 2.53 bits per heavy atom. The molecule has 5 nitrogen and oxygen atoms in total. The molecular formula is C19H11Cl2F3N4OS. The standard InChI is InChI=1S/C19H11Cl2F3N4OS/c20-12-3-1-10(14(21)8-12)2-4-13-5-6-26-18(28-13)30-15-7-11(19(22,23)24)9-27-16(15)17(25)29/h1-9H,(H2,25,29). The highest BCUT2D eigenvalue weighted by atomic mass is 35.5. The summed E-state index contributed by atoms with van der Waals surface area (Å²) in [4.78, 5) is 23.3. The Balaban J connectivity index is 1.90. The Labute approximate surface area is 183 Å². The molecule has 2 heterocycles. The van der Waals surface area contributed by atoms with Crippen molar-refractivity contribution in [3.63, 3.8) is 0 Å². The van der Waals surface area contributed by atoms with E-state index in [1.165, 1.54) is 6.20 Å². The molecule has 0 bridgehead atoms. The van der Waals surface area contributed by atoms with Crippen molar-refractivity contribution in [2.45, 2.75) is 16.2 Å². The van der Waals surface area contributed by atoms with Crippen LogP contribution < -0.4 is 5.73 Å². The summed E-state index contributed by atoms with van der Waals surface area (Å²) in [6.07, 6.45) is 0.724. The Morgan fingerprint density at radius 1 is 1.10 bits per heavy atom. The smallest absolute Gasteiger partial charge is 0.364 e. The van der Waals surface area contributed by atoms with Gasteiger partial charge in [0.1, 0.15) is 5.69 Å². The second kappa shape index (κ2) is 9.03. The maximum absolute atomic E-state index is 13.0. The maximum atomic E-state index is 13.0. The molecule has 2 aromatic heterocycles. The molecule has 0 saturated carbocycles. The first-order chi connectivity index (χ1) is 14.1. The van der Waals surface area contributed by atoms with Crippen LogP contribution in [0.15, 0.2) is 52.8 Å². The monoisotopic (exact) mass is 470 g/mol. The Morgan fingerprint density at radius 2 is 1.87 bits per heavy atom. The van der Waals surface area contributed by atoms with Crippen molar-refractivity contribution < 1.29 is 18.0 Å². The summed E-state index contributed by atoms with van der Waals surface area (Å²) >= 11 is 12.7. The number of halogens is 5. The van der Waals surface area contributed by atoms with Gasteiger partial charge in [0.15, 0.2) is 5.16 Å². The van der Waals surface area contributed by atoms with Gasteiger partial charge in [-0.2, -0.15) is 13.2 Å². The number of carbonyl (C=O) groups is 1. The number of alkyl halides is 3. The van der Waals surface area contributed by atoms with Crippen molar-refractivity contribution in [3.05, 3.63) is 75.3 Å². The maximum Gasteiger partial charge on any atom is 0.417 e. The van der Waals surface area contributed by atoms with Crippen LogP contribution in [0.1, 0.15) is 27.3 Å². The molecule has 1 aromatic carbocycles. The van der Waals surface area contributed by atoms with Crippen LogP contribution in [0, 0.1) is 0 Å². The lowest BCUT2D eigenvalue weighted by atomic mass is 10.2. The highest BCUT2D eigenvalue weighted by molar-refractivity contribution is 7.99. The average molecular weight is 471 g/mol. The van der Waals surface area contributed by atoms with Crippen molar-refractivity contribution in [2.24, 2.45) is 5.73 Å². The predicted molar refractivity (Wildman–Crippen MR) is 109 cm³/mol. The first-order valence-electron chi connectivity index (χ1n) is 8.14. The number of rotatable bonds is 5. The first-order valence-corrected chi connectivity index (χ1v) is 9.72. The molecule has 1 amide bonds. The van der Waals surface area contributed by atoms with E-state index in [1.807, 2.05) is 0 Å². The zero-order valence-corrected chi connectivity index (χ0v) is 17.1. The van der Waals surface area contributed by atoms with Gasteiger partial charge in [0, 0.05) is 27.3 Å². The molecule has 154 valence electrons. The normalized spacial score (nSPS) is 11.8. The van der Waals surface area contributed by atoms with Gasteiger partial charge in [0.05, 0.1) is 11.3 Å². The van der Waals surface area contributed by atoms with Crippen LogP contribution in [0.3, 0.4) is 0 Å². The van der Waals surface area contributed by atoms with E-state index in [4.69, 9.17) is 28.9 Å². The minimum absolute atomic E-state index is 0.0980. The average Bonchev–Trinajstić information content (AvgIpc) is 2.66. The number of hydrogen-bond acceptors (Lipinski definition) is 5. The summed E-state index contributed by atoms with van der Waals surface area (Å²) in [5.74, 6) is -0.959. The fraction of sp³-hybridized carbons (Fsp3) is 0.0526. The lowest BCUT2D eigenvalue weighted by Crippen LogP contribution is -2.16. The molecule has 0 spiro atoms. The zero-order chi connectivity index (χ0) is 21.9. The van der Waals surface area contributed by atoms with E-state index in [0.717, 1.165) is 17.8 Å². The number of primary amides is 1. The summed E-state index contributed by atoms with van der Waals surface area (Å²) < 4.78 is 39.0. The molecule has 0 unspecified atom stereocenters. The van der Waals surface area contributed by atoms with Crippen LogP contribution in [0.2, 0.25) is 10.0 Å². The molecule has 3 aromatic rings. The topological polar surface area (TPSA) is 81.8 Å². The number of benzene rings is 1. The third-order valence-electron chi connectivity index (χ3n) is 3.67. The van der Waals surface area contributed by atoms with E-state index in [9.17, 15) is 18.0 Å². The van der Waals surface area contributed by atoms with Crippen LogP contribution >= 0.6 is 35.0 Å². The Hall–Kier alpha value is -2.62. The molecular weight excluding hydrogens is 460 g/mol. The van der Waals surface area contributed by atoms with E-state index >= 15 is 0 Å². The molecule has 0 radical (unpaired) electrons. The molecule has 0 saturated heterocycles. The Kier molecular flexibility index (Phi) is 6.64. The van der Waals surface area contributed by atoms with Gasteiger partial charge < -0.3 is 5.73 Å². The summed E-state index contributed by atoms with van der Waals surface area (Å²) in [6.45, 7) is 0. The molecule has 0 aliphatic carbocycles. The fourth-order valence-electron chi connectivity index (χ4n) is 2.27. The highest BCUT2D eigenvalue weighted by Crippen LogP contribution is 2.34. The second-order valence-electron chi connectivity index (χ2n) is 5.80. The van der Waals surface area contributed by atoms with E-state index in [1.54, 1.807) is 36.4 Å². The molecule has 11 heteroatoms. The molecule has 0 fully saturated rings. The van der Waals surface area contributed by atoms with Crippen molar-refractivity contribution in [3.8, 4) is 0 Å². The third kappa shape index (κ3) is 5.50. The van der Waals surface area contributed by atoms with Crippen LogP contribution in [-0.4, -0.2) is 20.9 Å². The minimum atomic E-state index is -4.62. The number of nitrogens with two attached hydrogens (primary N) is 1. The second-order valence-corrected chi connectivity index (χ2v) is 7.65. The summed E-state index contributed by atoms with van der Waals surface area (Å²) in [6, 6.07) is 7.39. The van der Waals surface area contributed by atoms with E-state index in [2.05, 4.69) is 15.0 Å². The van der Waals surface area contributed by atoms with Gasteiger partial charge in [-0.1, -0.05) is 35.3 Å². The molecule has 30 heavy (non-hydrogen) atoms. The number of amides is 1. The van der Waals surface area contributed by atoms with Crippen LogP contribution in [0.25, 0.3) is 12.2 Å². The summed E-state index contributed by atoms with van der Waals surface area (Å²) in [5.41, 5.74) is 5.09. The summed E-state index contributed by atoms with van der Waals surface area (Å²) in [7, 11) is 0. The van der Waals surface area contributed by atoms with Crippen molar-refractivity contribution in [2.75, 3.05) is 0 Å². The first kappa shape index (κ1) is 22.1. The van der Waals surface area contributed by atoms with Crippen LogP contribution in [-0.2, 0) is 6.18 Å². The minimum Gasteiger partial charge on any atom is -0.364 e. The fourth-order valence-corrected chi connectivity index (χ4v) is 3.64. The third-order valence-corrected chi connectivity index (χ3v) is 5.14. The number of hydrogen-bond donors (Lipinski definition) is 1. The molecule has 0 aliphatic rings. The molecule has 2 N–H and O–H groups in total. The number of nitrogens with zero attached hydrogens (tertiary/aromatic N) is 3. The SMILES string of the molecule is NC(=O)c1ncc(C(F)(F)F)cc1Sc1nccc(C=Cc2ccc(Cl)cc2Cl)n1. The number of pyridine rings is 1. The Bertz CT molecular complexity index is 1140. The van der Waals surface area contributed by atoms with E-state index in [-0.39, 0.29) is 15.7 Å². The van der Waals surface area contributed by atoms with E-state index < -0.39 is 17.6 Å². The zero-order valence-electron chi connectivity index (χ0n) is 14.8. The summed E-state index contributed by atoms with van der Waals surface area (Å²) in [5, 5.41) is 1.06. The van der Waals surface area contributed by atoms with Gasteiger partial charge in [-0.25, -0.2) is 15.0 Å². The highest BCUT2D eigenvalue weighted by Gasteiger charge is 2.32. The lowest BCUT2D eigenvalue weighted by Gasteiger charge is -2.10. The van der Waals surface area contributed by atoms with Crippen molar-refractivity contribution in [1.82, 2.24) is 15.0 Å². The van der Waals surface area contributed by atoms with Gasteiger partial charge in [-0.05, 0) is 47.7 Å². The molecule has 3 rings (SSSR count). The van der Waals surface area contributed by atoms with Crippen molar-refractivity contribution in [1.29, 1.82) is 0 Å². The number of carbonyl (C=O) groups excluding carboxylic acids is 1. The van der Waals surface area contributed by atoms with Crippen molar-refractivity contribution >= 4 is 53.0 Å². The predicted octanol–water partition coefficient (Wildman–Crippen LogP) is 5.62. The molecule has 0 aliphatic heterocycles. The van der Waals surface area contributed by atoms with Gasteiger partial charge in [-0.15, -0.1) is 0 Å².